The van der Waals surface area contributed by atoms with Crippen LogP contribution < -0.4 is 10.6 Å². The first-order valence-electron chi connectivity index (χ1n) is 9.24. The number of carbonyl (C=O) groups excluding carboxylic acids is 1. The standard InChI is InChI=1S/C18H36N4O2/c1-7-19-16(20-11-8-9-14(2)3)22-12-10-15(13-22)21-17(23)24-18(4,5)6/h14-15H,7-13H2,1-6H3,(H,19,20)(H,21,23). The minimum Gasteiger partial charge on any atom is -0.444 e. The number of rotatable bonds is 6. The lowest BCUT2D eigenvalue weighted by Gasteiger charge is -2.23. The smallest absolute Gasteiger partial charge is 0.407 e. The van der Waals surface area contributed by atoms with Gasteiger partial charge in [0, 0.05) is 26.2 Å². The fraction of sp³-hybridized carbons (Fsp3) is 0.889. The number of hydrogen-bond acceptors (Lipinski definition) is 3. The number of amides is 1. The van der Waals surface area contributed by atoms with Crippen LogP contribution in [0.25, 0.3) is 0 Å². The lowest BCUT2D eigenvalue weighted by molar-refractivity contribution is 0.0507. The topological polar surface area (TPSA) is 66.0 Å². The van der Waals surface area contributed by atoms with E-state index in [4.69, 9.17) is 9.73 Å². The number of carbonyl (C=O) groups is 1. The van der Waals surface area contributed by atoms with Crippen LogP contribution in [0.2, 0.25) is 0 Å². The van der Waals surface area contributed by atoms with Crippen molar-refractivity contribution in [3.05, 3.63) is 0 Å². The Morgan fingerprint density at radius 1 is 1.38 bits per heavy atom. The molecule has 0 radical (unpaired) electrons. The molecule has 140 valence electrons. The third-order valence-corrected chi connectivity index (χ3v) is 3.74. The lowest BCUT2D eigenvalue weighted by Crippen LogP contribution is -2.44. The first kappa shape index (κ1) is 20.6. The SMILES string of the molecule is CCNC(=NCCCC(C)C)N1CCC(NC(=O)OC(C)(C)C)C1. The third-order valence-electron chi connectivity index (χ3n) is 3.74. The van der Waals surface area contributed by atoms with E-state index in [1.54, 1.807) is 0 Å². The normalized spacial score (nSPS) is 18.9. The summed E-state index contributed by atoms with van der Waals surface area (Å²) in [5.41, 5.74) is -0.463. The van der Waals surface area contributed by atoms with Gasteiger partial charge in [-0.2, -0.15) is 0 Å². The van der Waals surface area contributed by atoms with Crippen LogP contribution in [-0.4, -0.2) is 54.8 Å². The van der Waals surface area contributed by atoms with Gasteiger partial charge in [0.05, 0.1) is 6.04 Å². The highest BCUT2D eigenvalue weighted by Crippen LogP contribution is 2.12. The highest BCUT2D eigenvalue weighted by atomic mass is 16.6. The van der Waals surface area contributed by atoms with E-state index >= 15 is 0 Å². The average Bonchev–Trinajstić information content (AvgIpc) is 2.88. The molecule has 1 rings (SSSR count). The van der Waals surface area contributed by atoms with Gasteiger partial charge in [0.2, 0.25) is 0 Å². The van der Waals surface area contributed by atoms with Crippen molar-refractivity contribution >= 4 is 12.1 Å². The van der Waals surface area contributed by atoms with E-state index in [2.05, 4.69) is 36.3 Å². The van der Waals surface area contributed by atoms with Crippen molar-refractivity contribution in [3.8, 4) is 0 Å². The van der Waals surface area contributed by atoms with E-state index in [0.29, 0.717) is 0 Å². The van der Waals surface area contributed by atoms with Crippen LogP contribution in [0.1, 0.15) is 60.8 Å². The van der Waals surface area contributed by atoms with Gasteiger partial charge in [-0.3, -0.25) is 4.99 Å². The van der Waals surface area contributed by atoms with E-state index in [1.165, 1.54) is 6.42 Å². The molecular weight excluding hydrogens is 304 g/mol. The van der Waals surface area contributed by atoms with E-state index < -0.39 is 5.60 Å². The van der Waals surface area contributed by atoms with Crippen LogP contribution in [0.15, 0.2) is 4.99 Å². The zero-order chi connectivity index (χ0) is 18.2. The van der Waals surface area contributed by atoms with Gasteiger partial charge in [-0.1, -0.05) is 13.8 Å². The molecule has 0 aliphatic carbocycles. The second-order valence-electron chi connectivity index (χ2n) is 7.85. The fourth-order valence-corrected chi connectivity index (χ4v) is 2.65. The average molecular weight is 341 g/mol. The molecule has 0 aromatic carbocycles. The van der Waals surface area contributed by atoms with Gasteiger partial charge in [-0.25, -0.2) is 4.79 Å². The summed E-state index contributed by atoms with van der Waals surface area (Å²) < 4.78 is 5.33. The van der Waals surface area contributed by atoms with E-state index in [1.807, 2.05) is 20.8 Å². The molecule has 1 fully saturated rings. The largest absolute Gasteiger partial charge is 0.444 e. The number of alkyl carbamates (subject to hydrolysis) is 1. The molecule has 1 aliphatic heterocycles. The number of nitrogens with one attached hydrogen (secondary N) is 2. The predicted octanol–water partition coefficient (Wildman–Crippen LogP) is 2.99. The van der Waals surface area contributed by atoms with Gasteiger partial charge in [0.15, 0.2) is 5.96 Å². The molecule has 1 unspecified atom stereocenters. The highest BCUT2D eigenvalue weighted by molar-refractivity contribution is 5.80. The van der Waals surface area contributed by atoms with E-state index in [9.17, 15) is 4.79 Å². The Hall–Kier alpha value is -1.46. The Labute approximate surface area is 147 Å². The summed E-state index contributed by atoms with van der Waals surface area (Å²) in [4.78, 5) is 18.8. The van der Waals surface area contributed by atoms with Gasteiger partial charge in [0.1, 0.15) is 5.60 Å². The van der Waals surface area contributed by atoms with Crippen molar-refractivity contribution < 1.29 is 9.53 Å². The van der Waals surface area contributed by atoms with Gasteiger partial charge in [-0.05, 0) is 52.9 Å². The predicted molar refractivity (Wildman–Crippen MR) is 99.4 cm³/mol. The highest BCUT2D eigenvalue weighted by Gasteiger charge is 2.27. The van der Waals surface area contributed by atoms with Crippen LogP contribution >= 0.6 is 0 Å². The maximum Gasteiger partial charge on any atom is 0.407 e. The maximum absolute atomic E-state index is 11.9. The van der Waals surface area contributed by atoms with Crippen LogP contribution in [0, 0.1) is 5.92 Å². The minimum atomic E-state index is -0.463. The van der Waals surface area contributed by atoms with Gasteiger partial charge >= 0.3 is 6.09 Å². The molecule has 0 aromatic heterocycles. The summed E-state index contributed by atoms with van der Waals surface area (Å²) in [6, 6.07) is 0.111. The Morgan fingerprint density at radius 3 is 2.67 bits per heavy atom. The van der Waals surface area contributed by atoms with Crippen molar-refractivity contribution in [2.45, 2.75) is 72.4 Å². The number of aliphatic imine (C=N–C) groups is 1. The number of hydrogen-bond donors (Lipinski definition) is 2. The molecule has 0 aromatic rings. The first-order valence-corrected chi connectivity index (χ1v) is 9.24. The summed E-state index contributed by atoms with van der Waals surface area (Å²) in [6.45, 7) is 15.6. The van der Waals surface area contributed by atoms with Gasteiger partial charge in [0.25, 0.3) is 0 Å². The Balaban J connectivity index is 2.47. The molecule has 24 heavy (non-hydrogen) atoms. The van der Waals surface area contributed by atoms with Gasteiger partial charge in [-0.15, -0.1) is 0 Å². The Bertz CT molecular complexity index is 416. The molecule has 2 N–H and O–H groups in total. The molecule has 6 nitrogen and oxygen atoms in total. The maximum atomic E-state index is 11.9. The zero-order valence-electron chi connectivity index (χ0n) is 16.3. The number of likely N-dealkylation sites (tertiary alicyclic amines) is 1. The monoisotopic (exact) mass is 340 g/mol. The molecular formula is C18H36N4O2. The van der Waals surface area contributed by atoms with Gasteiger partial charge < -0.3 is 20.3 Å². The molecule has 0 saturated carbocycles. The summed E-state index contributed by atoms with van der Waals surface area (Å²) in [5, 5.41) is 6.32. The summed E-state index contributed by atoms with van der Waals surface area (Å²) in [6.07, 6.45) is 2.88. The second kappa shape index (κ2) is 9.74. The fourth-order valence-electron chi connectivity index (χ4n) is 2.65. The molecule has 1 amide bonds. The Kier molecular flexibility index (Phi) is 8.36. The van der Waals surface area contributed by atoms with Crippen molar-refractivity contribution in [1.29, 1.82) is 0 Å². The summed E-state index contributed by atoms with van der Waals surface area (Å²) >= 11 is 0. The quantitative estimate of drug-likeness (QED) is 0.443. The van der Waals surface area contributed by atoms with Crippen molar-refractivity contribution in [2.24, 2.45) is 10.9 Å². The Morgan fingerprint density at radius 2 is 2.08 bits per heavy atom. The zero-order valence-corrected chi connectivity index (χ0v) is 16.3. The van der Waals surface area contributed by atoms with Crippen LogP contribution in [0.3, 0.4) is 0 Å². The van der Waals surface area contributed by atoms with Crippen LogP contribution in [-0.2, 0) is 4.74 Å². The molecule has 1 saturated heterocycles. The van der Waals surface area contributed by atoms with Crippen molar-refractivity contribution in [3.63, 3.8) is 0 Å². The number of ether oxygens (including phenoxy) is 1. The molecule has 0 spiro atoms. The summed E-state index contributed by atoms with van der Waals surface area (Å²) in [7, 11) is 0. The van der Waals surface area contributed by atoms with Crippen molar-refractivity contribution in [2.75, 3.05) is 26.2 Å². The van der Waals surface area contributed by atoms with Crippen LogP contribution in [0.4, 0.5) is 4.79 Å². The molecule has 1 atom stereocenters. The minimum absolute atomic E-state index is 0.111. The number of nitrogens with zero attached hydrogens (tertiary/aromatic N) is 2. The lowest BCUT2D eigenvalue weighted by atomic mass is 10.1. The molecule has 6 heteroatoms. The van der Waals surface area contributed by atoms with E-state index in [0.717, 1.165) is 50.9 Å². The first-order chi connectivity index (χ1) is 11.2. The molecule has 1 heterocycles. The molecule has 1 aliphatic rings. The van der Waals surface area contributed by atoms with Crippen LogP contribution in [0.5, 0.6) is 0 Å². The van der Waals surface area contributed by atoms with E-state index in [-0.39, 0.29) is 12.1 Å². The molecule has 0 bridgehead atoms. The summed E-state index contributed by atoms with van der Waals surface area (Å²) in [5.74, 6) is 1.67. The number of guanidine groups is 1. The van der Waals surface area contributed by atoms with Crippen molar-refractivity contribution in [1.82, 2.24) is 15.5 Å². The third kappa shape index (κ3) is 8.41. The second-order valence-corrected chi connectivity index (χ2v) is 7.85.